The van der Waals surface area contributed by atoms with Crippen molar-refractivity contribution in [2.45, 2.75) is 32.6 Å². The molecule has 1 N–H and O–H groups in total. The minimum atomic E-state index is -0.372. The highest BCUT2D eigenvalue weighted by Gasteiger charge is 2.29. The molecule has 0 radical (unpaired) electrons. The minimum Gasteiger partial charge on any atom is -0.506 e. The second-order valence-electron chi connectivity index (χ2n) is 6.51. The number of esters is 1. The van der Waals surface area contributed by atoms with Crippen LogP contribution in [0.2, 0.25) is 0 Å². The number of hydrogen-bond acceptors (Lipinski definition) is 6. The van der Waals surface area contributed by atoms with Crippen LogP contribution in [0.15, 0.2) is 34.8 Å². The van der Waals surface area contributed by atoms with E-state index in [-0.39, 0.29) is 23.1 Å². The molecule has 4 rings (SSSR count). The van der Waals surface area contributed by atoms with Gasteiger partial charge in [0, 0.05) is 22.2 Å². The van der Waals surface area contributed by atoms with Crippen LogP contribution in [0.3, 0.4) is 0 Å². The van der Waals surface area contributed by atoms with Crippen LogP contribution in [-0.4, -0.2) is 29.7 Å². The van der Waals surface area contributed by atoms with Crippen molar-refractivity contribution < 1.29 is 19.4 Å². The lowest BCUT2D eigenvalue weighted by atomic mass is 9.95. The summed E-state index contributed by atoms with van der Waals surface area (Å²) in [6.07, 6.45) is 5.28. The smallest absolute Gasteiger partial charge is 0.341 e. The maximum Gasteiger partial charge on any atom is 0.341 e. The second kappa shape index (κ2) is 7.12. The molecule has 138 valence electrons. The van der Waals surface area contributed by atoms with Gasteiger partial charge in [0.25, 0.3) is 0 Å². The van der Waals surface area contributed by atoms with Crippen LogP contribution >= 0.6 is 11.3 Å². The van der Waals surface area contributed by atoms with E-state index in [9.17, 15) is 14.7 Å². The molecule has 2 aliphatic rings. The lowest BCUT2D eigenvalue weighted by Crippen LogP contribution is -2.09. The first kappa shape index (κ1) is 17.7. The van der Waals surface area contributed by atoms with E-state index in [1.165, 1.54) is 17.6 Å². The molecular weight excluding hydrogens is 362 g/mol. The number of fused-ring (bicyclic) bond motifs is 2. The molecule has 1 aromatic heterocycles. The zero-order valence-electron chi connectivity index (χ0n) is 14.9. The van der Waals surface area contributed by atoms with Crippen molar-refractivity contribution in [3.05, 3.63) is 57.0 Å². The number of hydrogen-bond donors (Lipinski definition) is 1. The monoisotopic (exact) mass is 381 g/mol. The fourth-order valence-electron chi connectivity index (χ4n) is 3.58. The van der Waals surface area contributed by atoms with Crippen molar-refractivity contribution in [3.8, 4) is 0 Å². The van der Waals surface area contributed by atoms with Crippen molar-refractivity contribution in [2.24, 2.45) is 4.99 Å². The van der Waals surface area contributed by atoms with Gasteiger partial charge in [-0.05, 0) is 38.2 Å². The van der Waals surface area contributed by atoms with Gasteiger partial charge in [0.05, 0.1) is 17.7 Å². The number of aryl methyl sites for hydroxylation is 1. The van der Waals surface area contributed by atoms with Gasteiger partial charge in [-0.15, -0.1) is 11.3 Å². The fraction of sp³-hybridized carbons (Fsp3) is 0.286. The summed E-state index contributed by atoms with van der Waals surface area (Å²) in [5.41, 5.74) is 2.66. The Kier molecular flexibility index (Phi) is 4.66. The third-order valence-corrected chi connectivity index (χ3v) is 6.07. The summed E-state index contributed by atoms with van der Waals surface area (Å²) < 4.78 is 5.22. The van der Waals surface area contributed by atoms with Gasteiger partial charge in [0.1, 0.15) is 10.8 Å². The number of ketones is 1. The Morgan fingerprint density at radius 3 is 2.74 bits per heavy atom. The van der Waals surface area contributed by atoms with Gasteiger partial charge in [0.2, 0.25) is 0 Å². The SMILES string of the molecule is CCOC(=O)c1c(N=CC2=C(O)c3ccccc3C2=O)sc2c1CCCC2. The Bertz CT molecular complexity index is 1000. The Morgan fingerprint density at radius 1 is 1.26 bits per heavy atom. The molecular formula is C21H19NO4S. The molecule has 0 amide bonds. The number of aliphatic imine (C=N–C) groups is 1. The summed E-state index contributed by atoms with van der Waals surface area (Å²) in [4.78, 5) is 30.6. The predicted octanol–water partition coefficient (Wildman–Crippen LogP) is 4.67. The number of Topliss-reactive ketones (excluding diaryl/α,β-unsaturated/α-hetero) is 1. The van der Waals surface area contributed by atoms with Crippen LogP contribution in [0.5, 0.6) is 0 Å². The number of nitrogens with zero attached hydrogens (tertiary/aromatic N) is 1. The van der Waals surface area contributed by atoms with Gasteiger partial charge in [0.15, 0.2) is 5.78 Å². The minimum absolute atomic E-state index is 0.0710. The maximum atomic E-state index is 12.5. The predicted molar refractivity (Wildman–Crippen MR) is 105 cm³/mol. The highest BCUT2D eigenvalue weighted by Crippen LogP contribution is 2.40. The number of rotatable bonds is 4. The highest BCUT2D eigenvalue weighted by molar-refractivity contribution is 7.16. The molecule has 1 aromatic carbocycles. The topological polar surface area (TPSA) is 76.0 Å². The molecule has 0 saturated carbocycles. The summed E-state index contributed by atoms with van der Waals surface area (Å²) in [6, 6.07) is 6.92. The zero-order valence-corrected chi connectivity index (χ0v) is 15.8. The largest absolute Gasteiger partial charge is 0.506 e. The molecule has 5 nitrogen and oxygen atoms in total. The first-order valence-corrected chi connectivity index (χ1v) is 9.86. The van der Waals surface area contributed by atoms with Crippen molar-refractivity contribution in [1.29, 1.82) is 0 Å². The normalized spacial score (nSPS) is 16.0. The Morgan fingerprint density at radius 2 is 2.00 bits per heavy atom. The van der Waals surface area contributed by atoms with Gasteiger partial charge >= 0.3 is 5.97 Å². The van der Waals surface area contributed by atoms with E-state index in [1.807, 2.05) is 0 Å². The van der Waals surface area contributed by atoms with E-state index in [4.69, 9.17) is 4.74 Å². The van der Waals surface area contributed by atoms with Crippen LogP contribution in [0.25, 0.3) is 5.76 Å². The van der Waals surface area contributed by atoms with Crippen molar-refractivity contribution in [3.63, 3.8) is 0 Å². The molecule has 0 aliphatic heterocycles. The van der Waals surface area contributed by atoms with E-state index in [0.717, 1.165) is 36.1 Å². The van der Waals surface area contributed by atoms with E-state index in [1.54, 1.807) is 31.2 Å². The standard InChI is InChI=1S/C21H19NO4S/c1-2-26-21(25)17-14-9-5-6-10-16(14)27-20(17)22-11-15-18(23)12-7-3-4-8-13(12)19(15)24/h3-4,7-8,11,23H,2,5-6,9-10H2,1H3. The Labute approximate surface area is 161 Å². The van der Waals surface area contributed by atoms with Crippen LogP contribution in [0, 0.1) is 0 Å². The van der Waals surface area contributed by atoms with E-state index in [2.05, 4.69) is 4.99 Å². The number of benzene rings is 1. The summed E-state index contributed by atoms with van der Waals surface area (Å²) in [7, 11) is 0. The average Bonchev–Trinajstić information content (AvgIpc) is 3.16. The molecule has 1 heterocycles. The molecule has 0 saturated heterocycles. The number of aliphatic hydroxyl groups excluding tert-OH is 1. The lowest BCUT2D eigenvalue weighted by molar-refractivity contribution is 0.0526. The first-order valence-electron chi connectivity index (χ1n) is 9.04. The van der Waals surface area contributed by atoms with Crippen LogP contribution < -0.4 is 0 Å². The van der Waals surface area contributed by atoms with Crippen molar-refractivity contribution in [1.82, 2.24) is 0 Å². The van der Waals surface area contributed by atoms with Gasteiger partial charge in [-0.2, -0.15) is 0 Å². The van der Waals surface area contributed by atoms with Crippen molar-refractivity contribution in [2.75, 3.05) is 6.61 Å². The molecule has 0 atom stereocenters. The molecule has 0 bridgehead atoms. The van der Waals surface area contributed by atoms with E-state index in [0.29, 0.717) is 28.3 Å². The highest BCUT2D eigenvalue weighted by atomic mass is 32.1. The quantitative estimate of drug-likeness (QED) is 0.617. The van der Waals surface area contributed by atoms with Gasteiger partial charge < -0.3 is 9.84 Å². The third-order valence-electron chi connectivity index (χ3n) is 4.87. The lowest BCUT2D eigenvalue weighted by Gasteiger charge is -2.11. The zero-order chi connectivity index (χ0) is 19.0. The van der Waals surface area contributed by atoms with Crippen LogP contribution in [-0.2, 0) is 17.6 Å². The van der Waals surface area contributed by atoms with Crippen LogP contribution in [0.1, 0.15) is 56.5 Å². The first-order chi connectivity index (χ1) is 13.1. The van der Waals surface area contributed by atoms with Gasteiger partial charge in [-0.1, -0.05) is 24.3 Å². The molecule has 27 heavy (non-hydrogen) atoms. The van der Waals surface area contributed by atoms with E-state index >= 15 is 0 Å². The summed E-state index contributed by atoms with van der Waals surface area (Å²) in [5.74, 6) is -0.701. The number of aliphatic hydroxyl groups is 1. The van der Waals surface area contributed by atoms with Gasteiger partial charge in [-0.25, -0.2) is 9.79 Å². The summed E-state index contributed by atoms with van der Waals surface area (Å²) in [5, 5.41) is 10.9. The number of ether oxygens (including phenoxy) is 1. The molecule has 6 heteroatoms. The second-order valence-corrected chi connectivity index (χ2v) is 7.59. The average molecular weight is 381 g/mol. The molecule has 0 unspecified atom stereocenters. The Hall–Kier alpha value is -2.73. The number of carbonyl (C=O) groups is 2. The number of thiophene rings is 1. The fourth-order valence-corrected chi connectivity index (χ4v) is 4.81. The third kappa shape index (κ3) is 3.00. The van der Waals surface area contributed by atoms with Crippen molar-refractivity contribution >= 4 is 40.1 Å². The Balaban J connectivity index is 1.73. The number of carbonyl (C=O) groups excluding carboxylic acids is 2. The molecule has 0 fully saturated rings. The summed E-state index contributed by atoms with van der Waals surface area (Å²) >= 11 is 1.47. The molecule has 2 aliphatic carbocycles. The molecule has 0 spiro atoms. The number of allylic oxidation sites excluding steroid dienone is 1. The molecule has 2 aromatic rings. The maximum absolute atomic E-state index is 12.5. The van der Waals surface area contributed by atoms with Gasteiger partial charge in [-0.3, -0.25) is 4.79 Å². The summed E-state index contributed by atoms with van der Waals surface area (Å²) in [6.45, 7) is 2.07. The van der Waals surface area contributed by atoms with Crippen LogP contribution in [0.4, 0.5) is 5.00 Å². The van der Waals surface area contributed by atoms with E-state index < -0.39 is 0 Å².